The minimum absolute atomic E-state index is 0.146. The quantitative estimate of drug-likeness (QED) is 0.622. The van der Waals surface area contributed by atoms with E-state index in [1.165, 1.54) is 11.1 Å². The SMILES string of the molecule is CCc1ccc(CCN(C)[C@H](C(=O)OCc2ccccc2)C(C)C)cc1. The Bertz CT molecular complexity index is 664. The van der Waals surface area contributed by atoms with Gasteiger partial charge in [0.15, 0.2) is 0 Å². The number of hydrogen-bond donors (Lipinski definition) is 0. The first kappa shape index (κ1) is 20.2. The summed E-state index contributed by atoms with van der Waals surface area (Å²) in [4.78, 5) is 14.7. The lowest BCUT2D eigenvalue weighted by atomic mass is 10.0. The van der Waals surface area contributed by atoms with E-state index in [4.69, 9.17) is 4.74 Å². The summed E-state index contributed by atoms with van der Waals surface area (Å²) in [6.07, 6.45) is 1.98. The van der Waals surface area contributed by atoms with Gasteiger partial charge in [0.25, 0.3) is 0 Å². The molecule has 0 aliphatic heterocycles. The number of carbonyl (C=O) groups is 1. The van der Waals surface area contributed by atoms with E-state index < -0.39 is 0 Å². The maximum Gasteiger partial charge on any atom is 0.323 e. The predicted octanol–water partition coefficient (Wildman–Crippen LogP) is 4.49. The third-order valence-electron chi connectivity index (χ3n) is 4.76. The van der Waals surface area contributed by atoms with Crippen LogP contribution in [0.1, 0.15) is 37.5 Å². The number of hydrogen-bond acceptors (Lipinski definition) is 3. The van der Waals surface area contributed by atoms with Crippen LogP contribution in [0.5, 0.6) is 0 Å². The van der Waals surface area contributed by atoms with Gasteiger partial charge in [0.05, 0.1) is 0 Å². The van der Waals surface area contributed by atoms with Crippen LogP contribution >= 0.6 is 0 Å². The summed E-state index contributed by atoms with van der Waals surface area (Å²) in [6, 6.07) is 18.3. The normalized spacial score (nSPS) is 12.4. The zero-order valence-electron chi connectivity index (χ0n) is 16.4. The van der Waals surface area contributed by atoms with Crippen LogP contribution in [-0.4, -0.2) is 30.5 Å². The maximum atomic E-state index is 12.6. The molecule has 2 rings (SSSR count). The molecule has 0 aromatic heterocycles. The fourth-order valence-corrected chi connectivity index (χ4v) is 3.16. The van der Waals surface area contributed by atoms with Crippen molar-refractivity contribution in [2.24, 2.45) is 5.92 Å². The summed E-state index contributed by atoms with van der Waals surface area (Å²) >= 11 is 0. The van der Waals surface area contributed by atoms with Gasteiger partial charge in [-0.05, 0) is 42.5 Å². The van der Waals surface area contributed by atoms with Crippen molar-refractivity contribution in [1.29, 1.82) is 0 Å². The van der Waals surface area contributed by atoms with Crippen LogP contribution in [0.25, 0.3) is 0 Å². The molecule has 0 fully saturated rings. The molecule has 3 nitrogen and oxygen atoms in total. The second kappa shape index (κ2) is 10.1. The van der Waals surface area contributed by atoms with Crippen LogP contribution in [-0.2, 0) is 29.0 Å². The molecule has 0 radical (unpaired) electrons. The molecule has 0 aliphatic carbocycles. The van der Waals surface area contributed by atoms with E-state index in [1.54, 1.807) is 0 Å². The number of aryl methyl sites for hydroxylation is 1. The number of carbonyl (C=O) groups excluding carboxylic acids is 1. The number of benzene rings is 2. The Hall–Kier alpha value is -2.13. The van der Waals surface area contributed by atoms with Gasteiger partial charge in [-0.25, -0.2) is 0 Å². The molecule has 0 unspecified atom stereocenters. The maximum absolute atomic E-state index is 12.6. The zero-order chi connectivity index (χ0) is 18.9. The Balaban J connectivity index is 1.90. The molecule has 140 valence electrons. The Morgan fingerprint density at radius 2 is 1.58 bits per heavy atom. The zero-order valence-corrected chi connectivity index (χ0v) is 16.4. The highest BCUT2D eigenvalue weighted by Crippen LogP contribution is 2.14. The van der Waals surface area contributed by atoms with Crippen LogP contribution in [0.3, 0.4) is 0 Å². The highest BCUT2D eigenvalue weighted by molar-refractivity contribution is 5.76. The molecule has 2 aromatic rings. The van der Waals surface area contributed by atoms with Crippen molar-refractivity contribution < 1.29 is 9.53 Å². The molecule has 2 aromatic carbocycles. The Kier molecular flexibility index (Phi) is 7.86. The van der Waals surface area contributed by atoms with Gasteiger partial charge < -0.3 is 4.74 Å². The number of rotatable bonds is 9. The van der Waals surface area contributed by atoms with Crippen LogP contribution in [0, 0.1) is 5.92 Å². The van der Waals surface area contributed by atoms with Gasteiger partial charge in [0.2, 0.25) is 0 Å². The molecular weight excluding hydrogens is 322 g/mol. The smallest absolute Gasteiger partial charge is 0.323 e. The number of nitrogens with zero attached hydrogens (tertiary/aromatic N) is 1. The van der Waals surface area contributed by atoms with Crippen molar-refractivity contribution >= 4 is 5.97 Å². The summed E-state index contributed by atoms with van der Waals surface area (Å²) in [5.41, 5.74) is 3.67. The summed E-state index contributed by atoms with van der Waals surface area (Å²) in [5, 5.41) is 0. The summed E-state index contributed by atoms with van der Waals surface area (Å²) < 4.78 is 5.57. The molecule has 26 heavy (non-hydrogen) atoms. The van der Waals surface area contributed by atoms with Gasteiger partial charge in [0, 0.05) is 6.54 Å². The molecule has 0 bridgehead atoms. The molecule has 0 heterocycles. The van der Waals surface area contributed by atoms with Gasteiger partial charge >= 0.3 is 5.97 Å². The first-order chi connectivity index (χ1) is 12.5. The summed E-state index contributed by atoms with van der Waals surface area (Å²) in [7, 11) is 2.01. The summed E-state index contributed by atoms with van der Waals surface area (Å²) in [5.74, 6) is 0.0541. The molecule has 3 heteroatoms. The van der Waals surface area contributed by atoms with E-state index in [-0.39, 0.29) is 17.9 Å². The molecule has 0 amide bonds. The lowest BCUT2D eigenvalue weighted by Crippen LogP contribution is -2.44. The molecule has 0 saturated heterocycles. The van der Waals surface area contributed by atoms with Crippen LogP contribution in [0.2, 0.25) is 0 Å². The molecule has 1 atom stereocenters. The van der Waals surface area contributed by atoms with E-state index in [0.29, 0.717) is 6.61 Å². The third kappa shape index (κ3) is 5.99. The molecule has 0 saturated carbocycles. The van der Waals surface area contributed by atoms with Crippen molar-refractivity contribution in [2.45, 2.75) is 46.3 Å². The van der Waals surface area contributed by atoms with Gasteiger partial charge in [-0.15, -0.1) is 0 Å². The van der Waals surface area contributed by atoms with Crippen molar-refractivity contribution in [3.05, 3.63) is 71.3 Å². The second-order valence-corrected chi connectivity index (χ2v) is 7.18. The Labute approximate surface area is 158 Å². The van der Waals surface area contributed by atoms with Gasteiger partial charge in [0.1, 0.15) is 12.6 Å². The lowest BCUT2D eigenvalue weighted by Gasteiger charge is -2.29. The highest BCUT2D eigenvalue weighted by atomic mass is 16.5. The monoisotopic (exact) mass is 353 g/mol. The number of esters is 1. The van der Waals surface area contributed by atoms with Crippen molar-refractivity contribution in [3.8, 4) is 0 Å². The number of ether oxygens (including phenoxy) is 1. The minimum atomic E-state index is -0.228. The fraction of sp³-hybridized carbons (Fsp3) is 0.435. The van der Waals surface area contributed by atoms with E-state index in [1.807, 2.05) is 37.4 Å². The molecule has 0 aliphatic rings. The highest BCUT2D eigenvalue weighted by Gasteiger charge is 2.27. The molecular formula is C23H31NO2. The predicted molar refractivity (Wildman–Crippen MR) is 107 cm³/mol. The van der Waals surface area contributed by atoms with Crippen LogP contribution in [0.4, 0.5) is 0 Å². The molecule has 0 spiro atoms. The Morgan fingerprint density at radius 1 is 0.962 bits per heavy atom. The average molecular weight is 354 g/mol. The van der Waals surface area contributed by atoms with E-state index >= 15 is 0 Å². The lowest BCUT2D eigenvalue weighted by molar-refractivity contribution is -0.152. The minimum Gasteiger partial charge on any atom is -0.460 e. The number of likely N-dealkylation sites (N-methyl/N-ethyl adjacent to an activating group) is 1. The first-order valence-corrected chi connectivity index (χ1v) is 9.50. The van der Waals surface area contributed by atoms with E-state index in [2.05, 4.69) is 49.9 Å². The van der Waals surface area contributed by atoms with Gasteiger partial charge in [-0.1, -0.05) is 75.4 Å². The standard InChI is InChI=1S/C23H31NO2/c1-5-19-11-13-20(14-12-19)15-16-24(4)22(18(2)3)23(25)26-17-21-9-7-6-8-10-21/h6-14,18,22H,5,15-17H2,1-4H3/t22-/m0/s1. The van der Waals surface area contributed by atoms with E-state index in [9.17, 15) is 4.79 Å². The Morgan fingerprint density at radius 3 is 2.15 bits per heavy atom. The van der Waals surface area contributed by atoms with E-state index in [0.717, 1.165) is 24.9 Å². The fourth-order valence-electron chi connectivity index (χ4n) is 3.16. The largest absolute Gasteiger partial charge is 0.460 e. The van der Waals surface area contributed by atoms with Gasteiger partial charge in [-0.3, -0.25) is 9.69 Å². The first-order valence-electron chi connectivity index (χ1n) is 9.50. The topological polar surface area (TPSA) is 29.5 Å². The third-order valence-corrected chi connectivity index (χ3v) is 4.76. The van der Waals surface area contributed by atoms with Crippen molar-refractivity contribution in [2.75, 3.05) is 13.6 Å². The van der Waals surface area contributed by atoms with Crippen LogP contribution < -0.4 is 0 Å². The van der Waals surface area contributed by atoms with Gasteiger partial charge in [-0.2, -0.15) is 0 Å². The van der Waals surface area contributed by atoms with Crippen molar-refractivity contribution in [3.63, 3.8) is 0 Å². The average Bonchev–Trinajstić information content (AvgIpc) is 2.66. The van der Waals surface area contributed by atoms with Crippen LogP contribution in [0.15, 0.2) is 54.6 Å². The second-order valence-electron chi connectivity index (χ2n) is 7.18. The van der Waals surface area contributed by atoms with Crippen molar-refractivity contribution in [1.82, 2.24) is 4.90 Å². The summed E-state index contributed by atoms with van der Waals surface area (Å²) in [6.45, 7) is 7.46. The molecule has 0 N–H and O–H groups in total.